The van der Waals surface area contributed by atoms with E-state index in [2.05, 4.69) is 15.0 Å². The van der Waals surface area contributed by atoms with Crippen LogP contribution in [0.2, 0.25) is 5.02 Å². The molecule has 1 aliphatic heterocycles. The number of pyridine rings is 1. The molecule has 0 unspecified atom stereocenters. The van der Waals surface area contributed by atoms with Crippen LogP contribution in [0.3, 0.4) is 0 Å². The number of fused-ring (bicyclic) bond motifs is 1. The van der Waals surface area contributed by atoms with Crippen molar-refractivity contribution in [3.8, 4) is 11.4 Å². The van der Waals surface area contributed by atoms with Crippen LogP contribution >= 0.6 is 11.6 Å². The van der Waals surface area contributed by atoms with Gasteiger partial charge in [0.2, 0.25) is 0 Å². The third-order valence-electron chi connectivity index (χ3n) is 4.53. The number of hydrogen-bond donors (Lipinski definition) is 1. The van der Waals surface area contributed by atoms with Gasteiger partial charge < -0.3 is 4.98 Å². The second-order valence-corrected chi connectivity index (χ2v) is 6.66. The number of aromatic nitrogens is 3. The predicted octanol–water partition coefficient (Wildman–Crippen LogP) is 3.18. The van der Waals surface area contributed by atoms with E-state index in [-0.39, 0.29) is 10.6 Å². The second kappa shape index (κ2) is 6.97. The van der Waals surface area contributed by atoms with Gasteiger partial charge in [0, 0.05) is 49.6 Å². The first kappa shape index (κ1) is 16.9. The average molecular weight is 371 g/mol. The standard InChI is InChI=1S/C19H16ClFN4O/c20-15-3-1-2-13(17(15)21)10-25-9-6-16-14(11-25)19(26)24-18(23-16)12-4-7-22-8-5-12/h1-5,7-8H,6,9-11H2,(H,23,24,26). The predicted molar refractivity (Wildman–Crippen MR) is 97.3 cm³/mol. The van der Waals surface area contributed by atoms with Gasteiger partial charge in [0.1, 0.15) is 11.6 Å². The lowest BCUT2D eigenvalue weighted by atomic mass is 10.1. The van der Waals surface area contributed by atoms with Crippen LogP contribution in [0.5, 0.6) is 0 Å². The number of aromatic amines is 1. The molecule has 5 nitrogen and oxygen atoms in total. The van der Waals surface area contributed by atoms with Crippen molar-refractivity contribution >= 4 is 11.6 Å². The molecule has 3 heterocycles. The summed E-state index contributed by atoms with van der Waals surface area (Å²) >= 11 is 5.85. The molecule has 1 aliphatic rings. The smallest absolute Gasteiger partial charge is 0.255 e. The number of H-pyrrole nitrogens is 1. The van der Waals surface area contributed by atoms with Crippen LogP contribution in [-0.2, 0) is 19.5 Å². The first-order chi connectivity index (χ1) is 12.6. The summed E-state index contributed by atoms with van der Waals surface area (Å²) in [5.74, 6) is 0.144. The molecule has 7 heteroatoms. The Kier molecular flexibility index (Phi) is 4.53. The highest BCUT2D eigenvalue weighted by Crippen LogP contribution is 2.23. The fraction of sp³-hybridized carbons (Fsp3) is 0.211. The third-order valence-corrected chi connectivity index (χ3v) is 4.82. The monoisotopic (exact) mass is 370 g/mol. The molecule has 26 heavy (non-hydrogen) atoms. The van der Waals surface area contributed by atoms with Crippen molar-refractivity contribution in [2.45, 2.75) is 19.5 Å². The molecule has 0 aliphatic carbocycles. The van der Waals surface area contributed by atoms with E-state index >= 15 is 0 Å². The summed E-state index contributed by atoms with van der Waals surface area (Å²) in [6.45, 7) is 1.53. The number of nitrogens with one attached hydrogen (secondary N) is 1. The summed E-state index contributed by atoms with van der Waals surface area (Å²) in [7, 11) is 0. The maximum Gasteiger partial charge on any atom is 0.255 e. The van der Waals surface area contributed by atoms with Crippen LogP contribution in [0, 0.1) is 5.82 Å². The molecule has 3 aromatic rings. The minimum absolute atomic E-state index is 0.112. The molecule has 4 rings (SSSR count). The molecule has 0 spiro atoms. The molecule has 2 aromatic heterocycles. The van der Waals surface area contributed by atoms with Crippen molar-refractivity contribution < 1.29 is 4.39 Å². The van der Waals surface area contributed by atoms with Crippen LogP contribution in [-0.4, -0.2) is 26.4 Å². The quantitative estimate of drug-likeness (QED) is 0.769. The normalized spacial score (nSPS) is 14.2. The number of hydrogen-bond acceptors (Lipinski definition) is 4. The van der Waals surface area contributed by atoms with Gasteiger partial charge in [-0.25, -0.2) is 9.37 Å². The Morgan fingerprint density at radius 2 is 2.04 bits per heavy atom. The van der Waals surface area contributed by atoms with Gasteiger partial charge >= 0.3 is 0 Å². The van der Waals surface area contributed by atoms with Crippen LogP contribution in [0.15, 0.2) is 47.5 Å². The summed E-state index contributed by atoms with van der Waals surface area (Å²) in [6.07, 6.45) is 3.96. The van der Waals surface area contributed by atoms with E-state index in [9.17, 15) is 9.18 Å². The Bertz CT molecular complexity index is 1010. The van der Waals surface area contributed by atoms with Crippen LogP contribution in [0.25, 0.3) is 11.4 Å². The lowest BCUT2D eigenvalue weighted by Gasteiger charge is -2.28. The van der Waals surface area contributed by atoms with E-state index in [4.69, 9.17) is 11.6 Å². The Labute approximate surface area is 154 Å². The molecule has 132 valence electrons. The molecule has 0 atom stereocenters. The first-order valence-electron chi connectivity index (χ1n) is 8.29. The zero-order valence-corrected chi connectivity index (χ0v) is 14.6. The van der Waals surface area contributed by atoms with Gasteiger partial charge in [-0.2, -0.15) is 0 Å². The van der Waals surface area contributed by atoms with E-state index in [0.29, 0.717) is 43.0 Å². The van der Waals surface area contributed by atoms with Gasteiger partial charge in [0.25, 0.3) is 5.56 Å². The van der Waals surface area contributed by atoms with Crippen molar-refractivity contribution in [1.29, 1.82) is 0 Å². The molecule has 0 fully saturated rings. The summed E-state index contributed by atoms with van der Waals surface area (Å²) < 4.78 is 14.1. The summed E-state index contributed by atoms with van der Waals surface area (Å²) in [4.78, 5) is 26.0. The molecule has 1 N–H and O–H groups in total. The van der Waals surface area contributed by atoms with Gasteiger partial charge in [0.05, 0.1) is 16.3 Å². The molecule has 1 aromatic carbocycles. The van der Waals surface area contributed by atoms with Gasteiger partial charge in [-0.1, -0.05) is 23.7 Å². The number of benzene rings is 1. The Balaban J connectivity index is 1.60. The van der Waals surface area contributed by atoms with Gasteiger partial charge in [-0.3, -0.25) is 14.7 Å². The Hall–Kier alpha value is -2.57. The van der Waals surface area contributed by atoms with E-state index in [1.807, 2.05) is 17.0 Å². The van der Waals surface area contributed by atoms with Gasteiger partial charge in [0.15, 0.2) is 0 Å². The highest BCUT2D eigenvalue weighted by molar-refractivity contribution is 6.30. The van der Waals surface area contributed by atoms with E-state index in [1.165, 1.54) is 6.07 Å². The topological polar surface area (TPSA) is 61.9 Å². The van der Waals surface area contributed by atoms with Crippen LogP contribution < -0.4 is 5.56 Å². The van der Waals surface area contributed by atoms with E-state index in [1.54, 1.807) is 24.5 Å². The minimum atomic E-state index is -0.403. The minimum Gasteiger partial charge on any atom is -0.306 e. The van der Waals surface area contributed by atoms with Crippen LogP contribution in [0.1, 0.15) is 16.8 Å². The molecule has 0 saturated heterocycles. The largest absolute Gasteiger partial charge is 0.306 e. The molecular weight excluding hydrogens is 355 g/mol. The Morgan fingerprint density at radius 3 is 2.85 bits per heavy atom. The maximum atomic E-state index is 14.1. The van der Waals surface area contributed by atoms with Crippen molar-refractivity contribution in [1.82, 2.24) is 19.9 Å². The lowest BCUT2D eigenvalue weighted by Crippen LogP contribution is -2.35. The molecular formula is C19H16ClFN4O. The molecule has 0 bridgehead atoms. The lowest BCUT2D eigenvalue weighted by molar-refractivity contribution is 0.238. The number of rotatable bonds is 3. The average Bonchev–Trinajstić information content (AvgIpc) is 2.66. The number of halogens is 2. The van der Waals surface area contributed by atoms with Crippen molar-refractivity contribution in [2.75, 3.05) is 6.54 Å². The van der Waals surface area contributed by atoms with Crippen LogP contribution in [0.4, 0.5) is 4.39 Å². The molecule has 0 radical (unpaired) electrons. The van der Waals surface area contributed by atoms with E-state index in [0.717, 1.165) is 11.3 Å². The first-order valence-corrected chi connectivity index (χ1v) is 8.67. The Morgan fingerprint density at radius 1 is 1.23 bits per heavy atom. The molecule has 0 amide bonds. The SMILES string of the molecule is O=c1[nH]c(-c2ccncc2)nc2c1CN(Cc1cccc(Cl)c1F)CC2. The summed E-state index contributed by atoms with van der Waals surface area (Å²) in [6, 6.07) is 8.59. The summed E-state index contributed by atoms with van der Waals surface area (Å²) in [5, 5.41) is 0.112. The van der Waals surface area contributed by atoms with Crippen molar-refractivity contribution in [3.63, 3.8) is 0 Å². The molecule has 0 saturated carbocycles. The fourth-order valence-corrected chi connectivity index (χ4v) is 3.37. The maximum absolute atomic E-state index is 14.1. The van der Waals surface area contributed by atoms with Crippen molar-refractivity contribution in [3.05, 3.63) is 80.7 Å². The van der Waals surface area contributed by atoms with Gasteiger partial charge in [-0.15, -0.1) is 0 Å². The third kappa shape index (κ3) is 3.25. The zero-order chi connectivity index (χ0) is 18.1. The number of nitrogens with zero attached hydrogens (tertiary/aromatic N) is 3. The fourth-order valence-electron chi connectivity index (χ4n) is 3.17. The second-order valence-electron chi connectivity index (χ2n) is 6.25. The highest BCUT2D eigenvalue weighted by Gasteiger charge is 2.22. The van der Waals surface area contributed by atoms with Gasteiger partial charge in [-0.05, 0) is 18.2 Å². The van der Waals surface area contributed by atoms with Crippen molar-refractivity contribution in [2.24, 2.45) is 0 Å². The van der Waals surface area contributed by atoms with E-state index < -0.39 is 5.82 Å². The summed E-state index contributed by atoms with van der Waals surface area (Å²) in [5.41, 5.74) is 2.63. The zero-order valence-electron chi connectivity index (χ0n) is 13.9. The highest BCUT2D eigenvalue weighted by atomic mass is 35.5.